The van der Waals surface area contributed by atoms with Crippen molar-refractivity contribution in [1.82, 2.24) is 20.2 Å². The standard InChI is InChI=1S/C27H23BrCl2N6O3/c1-3-38-22-12-17(11-20(28)25(22)39-14-16-9-10-18(29)13-21(16)30)24-23(15(2)31-27-33-34-35-36(24)27)26(37)32-19-7-5-4-6-8-19/h4-13,24H,3,14H2,1-2H3,(H,32,37)(H,31,33,35). The van der Waals surface area contributed by atoms with Gasteiger partial charge in [-0.2, -0.15) is 4.68 Å². The maximum absolute atomic E-state index is 13.6. The molecule has 2 heterocycles. The van der Waals surface area contributed by atoms with Gasteiger partial charge in [0.2, 0.25) is 5.95 Å². The van der Waals surface area contributed by atoms with Gasteiger partial charge in [0.1, 0.15) is 12.6 Å². The number of carbonyl (C=O) groups is 1. The van der Waals surface area contributed by atoms with Gasteiger partial charge in [-0.25, -0.2) is 0 Å². The van der Waals surface area contributed by atoms with Gasteiger partial charge in [-0.1, -0.05) is 52.6 Å². The predicted octanol–water partition coefficient (Wildman–Crippen LogP) is 6.65. The van der Waals surface area contributed by atoms with Crippen LogP contribution in [0.4, 0.5) is 11.6 Å². The Hall–Kier alpha value is -3.60. The summed E-state index contributed by atoms with van der Waals surface area (Å²) in [6, 6.07) is 17.5. The third-order valence-electron chi connectivity index (χ3n) is 6.02. The molecule has 0 spiro atoms. The number of carbonyl (C=O) groups excluding carboxylic acids is 1. The van der Waals surface area contributed by atoms with Gasteiger partial charge in [0.05, 0.1) is 16.7 Å². The van der Waals surface area contributed by atoms with Crippen molar-refractivity contribution in [1.29, 1.82) is 0 Å². The highest BCUT2D eigenvalue weighted by molar-refractivity contribution is 9.10. The van der Waals surface area contributed by atoms with Crippen LogP contribution in [0.5, 0.6) is 11.5 Å². The number of ether oxygens (including phenoxy) is 2. The number of hydrogen-bond acceptors (Lipinski definition) is 7. The molecule has 4 aromatic rings. The van der Waals surface area contributed by atoms with E-state index in [0.29, 0.717) is 55.5 Å². The minimum Gasteiger partial charge on any atom is -0.490 e. The summed E-state index contributed by atoms with van der Waals surface area (Å²) in [5.74, 6) is 1.11. The number of nitrogens with one attached hydrogen (secondary N) is 2. The van der Waals surface area contributed by atoms with E-state index < -0.39 is 6.04 Å². The van der Waals surface area contributed by atoms with E-state index in [0.717, 1.165) is 11.1 Å². The van der Waals surface area contributed by atoms with E-state index in [2.05, 4.69) is 42.1 Å². The molecule has 3 aromatic carbocycles. The second-order valence-corrected chi connectivity index (χ2v) is 10.3. The fourth-order valence-corrected chi connectivity index (χ4v) is 5.31. The zero-order valence-corrected chi connectivity index (χ0v) is 24.0. The minimum atomic E-state index is -0.643. The summed E-state index contributed by atoms with van der Waals surface area (Å²) < 4.78 is 14.3. The highest BCUT2D eigenvalue weighted by Crippen LogP contribution is 2.43. The Morgan fingerprint density at radius 3 is 2.67 bits per heavy atom. The molecule has 1 aromatic heterocycles. The van der Waals surface area contributed by atoms with E-state index in [9.17, 15) is 4.79 Å². The van der Waals surface area contributed by atoms with E-state index >= 15 is 0 Å². The van der Waals surface area contributed by atoms with Crippen LogP contribution in [0.1, 0.15) is 31.0 Å². The van der Waals surface area contributed by atoms with Crippen LogP contribution in [-0.4, -0.2) is 32.7 Å². The summed E-state index contributed by atoms with van der Waals surface area (Å²) in [7, 11) is 0. The highest BCUT2D eigenvalue weighted by Gasteiger charge is 2.35. The van der Waals surface area contributed by atoms with Crippen LogP contribution in [0.2, 0.25) is 10.0 Å². The molecule has 1 aliphatic heterocycles. The van der Waals surface area contributed by atoms with Gasteiger partial charge >= 0.3 is 0 Å². The van der Waals surface area contributed by atoms with Crippen molar-refractivity contribution in [3.8, 4) is 11.5 Å². The van der Waals surface area contributed by atoms with Crippen molar-refractivity contribution in [2.75, 3.05) is 17.2 Å². The van der Waals surface area contributed by atoms with Crippen LogP contribution in [0, 0.1) is 0 Å². The summed E-state index contributed by atoms with van der Waals surface area (Å²) >= 11 is 16.0. The van der Waals surface area contributed by atoms with Crippen molar-refractivity contribution in [3.05, 3.63) is 97.6 Å². The summed E-state index contributed by atoms with van der Waals surface area (Å²) in [4.78, 5) is 13.6. The summed E-state index contributed by atoms with van der Waals surface area (Å²) in [6.07, 6.45) is 0. The van der Waals surface area contributed by atoms with E-state index in [4.69, 9.17) is 32.7 Å². The SMILES string of the molecule is CCOc1cc(C2C(C(=O)Nc3ccccc3)=C(C)Nc3nnnn32)cc(Br)c1OCc1ccc(Cl)cc1Cl. The Labute approximate surface area is 243 Å². The third kappa shape index (κ3) is 5.73. The first-order chi connectivity index (χ1) is 18.9. The van der Waals surface area contributed by atoms with Crippen molar-refractivity contribution < 1.29 is 14.3 Å². The molecular weight excluding hydrogens is 607 g/mol. The van der Waals surface area contributed by atoms with E-state index in [1.807, 2.05) is 62.4 Å². The number of aromatic nitrogens is 4. The van der Waals surface area contributed by atoms with Crippen LogP contribution < -0.4 is 20.1 Å². The monoisotopic (exact) mass is 628 g/mol. The number of nitrogens with zero attached hydrogens (tertiary/aromatic N) is 4. The third-order valence-corrected chi connectivity index (χ3v) is 7.20. The van der Waals surface area contributed by atoms with Crippen molar-refractivity contribution >= 4 is 56.7 Å². The molecule has 39 heavy (non-hydrogen) atoms. The molecule has 9 nitrogen and oxygen atoms in total. The van der Waals surface area contributed by atoms with Crippen LogP contribution in [0.3, 0.4) is 0 Å². The maximum atomic E-state index is 13.6. The fraction of sp³-hybridized carbons (Fsp3) is 0.185. The lowest BCUT2D eigenvalue weighted by atomic mass is 9.94. The first-order valence-corrected chi connectivity index (χ1v) is 13.6. The molecule has 0 aliphatic carbocycles. The summed E-state index contributed by atoms with van der Waals surface area (Å²) in [5.41, 5.74) is 3.24. The average Bonchev–Trinajstić information content (AvgIpc) is 3.37. The Balaban J connectivity index is 1.53. The zero-order chi connectivity index (χ0) is 27.5. The molecular formula is C27H23BrCl2N6O3. The lowest BCUT2D eigenvalue weighted by molar-refractivity contribution is -0.113. The second kappa shape index (κ2) is 11.6. The van der Waals surface area contributed by atoms with E-state index in [1.165, 1.54) is 0 Å². The Morgan fingerprint density at radius 1 is 1.13 bits per heavy atom. The number of para-hydroxylation sites is 1. The van der Waals surface area contributed by atoms with Crippen LogP contribution in [-0.2, 0) is 11.4 Å². The lowest BCUT2D eigenvalue weighted by Crippen LogP contribution is -2.31. The minimum absolute atomic E-state index is 0.197. The largest absolute Gasteiger partial charge is 0.490 e. The van der Waals surface area contributed by atoms with Crippen LogP contribution in [0.15, 0.2) is 76.4 Å². The Kier molecular flexibility index (Phi) is 8.06. The number of anilines is 2. The molecule has 1 aliphatic rings. The smallest absolute Gasteiger partial charge is 0.255 e. The maximum Gasteiger partial charge on any atom is 0.255 e. The number of rotatable bonds is 8. The molecule has 0 saturated heterocycles. The number of allylic oxidation sites excluding steroid dienone is 1. The van der Waals surface area contributed by atoms with Gasteiger partial charge in [-0.3, -0.25) is 4.79 Å². The van der Waals surface area contributed by atoms with Gasteiger partial charge < -0.3 is 20.1 Å². The molecule has 2 N–H and O–H groups in total. The number of halogens is 3. The van der Waals surface area contributed by atoms with Crippen LogP contribution in [0.25, 0.3) is 0 Å². The molecule has 1 unspecified atom stereocenters. The van der Waals surface area contributed by atoms with Gasteiger partial charge in [0.25, 0.3) is 5.91 Å². The summed E-state index contributed by atoms with van der Waals surface area (Å²) in [6.45, 7) is 4.29. The second-order valence-electron chi connectivity index (χ2n) is 8.62. The topological polar surface area (TPSA) is 103 Å². The number of benzene rings is 3. The normalized spacial score (nSPS) is 14.4. The lowest BCUT2D eigenvalue weighted by Gasteiger charge is -2.28. The molecule has 12 heteroatoms. The van der Waals surface area contributed by atoms with Crippen molar-refractivity contribution in [3.63, 3.8) is 0 Å². The molecule has 5 rings (SSSR count). The fourth-order valence-electron chi connectivity index (χ4n) is 4.27. The molecule has 1 amide bonds. The van der Waals surface area contributed by atoms with Gasteiger partial charge in [-0.15, -0.1) is 0 Å². The zero-order valence-electron chi connectivity index (χ0n) is 20.9. The Morgan fingerprint density at radius 2 is 1.92 bits per heavy atom. The van der Waals surface area contributed by atoms with Gasteiger partial charge in [-0.05, 0) is 82.2 Å². The predicted molar refractivity (Wildman–Crippen MR) is 153 cm³/mol. The first-order valence-electron chi connectivity index (χ1n) is 12.0. The quantitative estimate of drug-likeness (QED) is 0.225. The van der Waals surface area contributed by atoms with Crippen molar-refractivity contribution in [2.45, 2.75) is 26.5 Å². The van der Waals surface area contributed by atoms with E-state index in [-0.39, 0.29) is 12.5 Å². The number of fused-ring (bicyclic) bond motifs is 1. The first kappa shape index (κ1) is 27.0. The summed E-state index contributed by atoms with van der Waals surface area (Å²) in [5, 5.41) is 19.2. The number of amides is 1. The molecule has 0 radical (unpaired) electrons. The average molecular weight is 630 g/mol. The number of hydrogen-bond donors (Lipinski definition) is 2. The molecule has 1 atom stereocenters. The van der Waals surface area contributed by atoms with Crippen molar-refractivity contribution in [2.24, 2.45) is 0 Å². The number of tetrazole rings is 1. The van der Waals surface area contributed by atoms with E-state index in [1.54, 1.807) is 16.8 Å². The molecule has 200 valence electrons. The molecule has 0 bridgehead atoms. The molecule has 0 saturated carbocycles. The van der Waals surface area contributed by atoms with Crippen LogP contribution >= 0.6 is 39.1 Å². The highest BCUT2D eigenvalue weighted by atomic mass is 79.9. The Bertz CT molecular complexity index is 1560. The van der Waals surface area contributed by atoms with Gasteiger partial charge in [0.15, 0.2) is 11.5 Å². The molecule has 0 fully saturated rings. The van der Waals surface area contributed by atoms with Gasteiger partial charge in [0, 0.05) is 27.0 Å².